The first kappa shape index (κ1) is 41.4. The second kappa shape index (κ2) is 15.8. The van der Waals surface area contributed by atoms with E-state index in [1.54, 1.807) is 14.2 Å². The second-order valence-corrected chi connectivity index (χ2v) is 26.6. The molecule has 0 bridgehead atoms. The molecule has 0 amide bonds. The highest BCUT2D eigenvalue weighted by Crippen LogP contribution is 2.52. The van der Waals surface area contributed by atoms with E-state index in [1.807, 2.05) is 78.9 Å². The Morgan fingerprint density at radius 3 is 1.69 bits per heavy atom. The van der Waals surface area contributed by atoms with Crippen molar-refractivity contribution < 1.29 is 27.8 Å². The number of nitrogens with zero attached hydrogens (tertiary/aromatic N) is 1. The van der Waals surface area contributed by atoms with Gasteiger partial charge in [-0.3, -0.25) is 14.3 Å². The number of nitrogens with one attached hydrogen (secondary N) is 1. The van der Waals surface area contributed by atoms with E-state index >= 15 is 0 Å². The first-order valence-corrected chi connectivity index (χ1v) is 24.4. The van der Waals surface area contributed by atoms with Gasteiger partial charge in [0, 0.05) is 12.3 Å². The normalized spacial score (nSPS) is 20.7. The molecule has 0 saturated carbocycles. The number of aromatic nitrogens is 2. The lowest BCUT2D eigenvalue weighted by Crippen LogP contribution is -2.57. The van der Waals surface area contributed by atoms with Crippen molar-refractivity contribution in [3.8, 4) is 11.5 Å². The van der Waals surface area contributed by atoms with Gasteiger partial charge in [0.15, 0.2) is 22.9 Å². The maximum absolute atomic E-state index is 13.7. The van der Waals surface area contributed by atoms with E-state index < -0.39 is 58.0 Å². The number of ether oxygens (including phenoxy) is 4. The Morgan fingerprint density at radius 1 is 0.685 bits per heavy atom. The quantitative estimate of drug-likeness (QED) is 0.135. The highest BCUT2D eigenvalue weighted by molar-refractivity contribution is 6.74. The molecule has 4 aromatic rings. The van der Waals surface area contributed by atoms with Crippen molar-refractivity contribution in [2.24, 2.45) is 0 Å². The van der Waals surface area contributed by atoms with Crippen molar-refractivity contribution in [2.75, 3.05) is 14.2 Å². The van der Waals surface area contributed by atoms with E-state index in [4.69, 9.17) is 27.8 Å². The van der Waals surface area contributed by atoms with Crippen LogP contribution >= 0.6 is 0 Å². The fourth-order valence-corrected chi connectivity index (χ4v) is 8.87. The maximum atomic E-state index is 13.7. The van der Waals surface area contributed by atoms with Crippen LogP contribution in [0.5, 0.6) is 11.5 Å². The van der Waals surface area contributed by atoms with Gasteiger partial charge >= 0.3 is 5.69 Å². The van der Waals surface area contributed by atoms with E-state index in [9.17, 15) is 9.59 Å². The largest absolute Gasteiger partial charge is 0.497 e. The number of methoxy groups -OCH3 is 2. The molecule has 54 heavy (non-hydrogen) atoms. The van der Waals surface area contributed by atoms with Crippen LogP contribution in [0.1, 0.15) is 64.5 Å². The molecular weight excluding hydrogens is 717 g/mol. The summed E-state index contributed by atoms with van der Waals surface area (Å²) in [5, 5.41) is -0.379. The van der Waals surface area contributed by atoms with Crippen molar-refractivity contribution in [1.82, 2.24) is 9.55 Å². The van der Waals surface area contributed by atoms with Crippen molar-refractivity contribution in [1.29, 1.82) is 0 Å². The predicted molar refractivity (Wildman–Crippen MR) is 217 cm³/mol. The number of H-pyrrole nitrogens is 1. The zero-order valence-electron chi connectivity index (χ0n) is 33.9. The molecule has 292 valence electrons. The summed E-state index contributed by atoms with van der Waals surface area (Å²) in [5.41, 5.74) is 0.150. The molecule has 1 aliphatic heterocycles. The van der Waals surface area contributed by atoms with Crippen molar-refractivity contribution in [3.05, 3.63) is 129 Å². The van der Waals surface area contributed by atoms with E-state index in [2.05, 4.69) is 72.7 Å². The summed E-state index contributed by atoms with van der Waals surface area (Å²) in [5.74, 6) is 1.43. The molecule has 2 heterocycles. The van der Waals surface area contributed by atoms with Crippen LogP contribution < -0.4 is 20.7 Å². The topological polar surface area (TPSA) is 110 Å². The van der Waals surface area contributed by atoms with Gasteiger partial charge < -0.3 is 27.8 Å². The number of rotatable bonds is 13. The fourth-order valence-electron chi connectivity index (χ4n) is 6.29. The van der Waals surface area contributed by atoms with Crippen LogP contribution in [-0.4, -0.2) is 58.7 Å². The Hall–Kier alpha value is -3.79. The fraction of sp³-hybridized carbons (Fsp3) is 0.476. The van der Waals surface area contributed by atoms with Gasteiger partial charge in [-0.1, -0.05) is 96.1 Å². The van der Waals surface area contributed by atoms with Gasteiger partial charge in [-0.15, -0.1) is 0 Å². The third-order valence-corrected chi connectivity index (χ3v) is 20.5. The Bertz CT molecular complexity index is 1970. The highest BCUT2D eigenvalue weighted by atomic mass is 28.4. The van der Waals surface area contributed by atoms with Crippen LogP contribution in [0, 0.1) is 0 Å². The lowest BCUT2D eigenvalue weighted by Gasteiger charge is -2.47. The van der Waals surface area contributed by atoms with Gasteiger partial charge in [-0.25, -0.2) is 4.79 Å². The minimum absolute atomic E-state index is 0.189. The summed E-state index contributed by atoms with van der Waals surface area (Å²) in [6, 6.07) is 26.9. The first-order chi connectivity index (χ1) is 25.2. The molecule has 5 atom stereocenters. The standard InChI is InChI=1S/C42H58N2O8Si2/c1-40(2,3)53(9,10)51-35-36(52-54(11,12)41(4,5)6)38(44-27-26-34(45)43-39(44)46)50-37(35)42(30-16-14-13-15-17-30,31-20-24-33(48-8)25-21-31)49-28-29-18-22-32(47-7)23-19-29/h13-27,35-38H,28H2,1-12H3,(H,43,45,46). The molecule has 1 saturated heterocycles. The predicted octanol–water partition coefficient (Wildman–Crippen LogP) is 8.39. The van der Waals surface area contributed by atoms with Gasteiger partial charge in [-0.05, 0) is 77.2 Å². The summed E-state index contributed by atoms with van der Waals surface area (Å²) in [7, 11) is -1.90. The molecule has 5 unspecified atom stereocenters. The smallest absolute Gasteiger partial charge is 0.330 e. The van der Waals surface area contributed by atoms with Gasteiger partial charge in [-0.2, -0.15) is 0 Å². The molecule has 12 heteroatoms. The highest BCUT2D eigenvalue weighted by Gasteiger charge is 2.61. The van der Waals surface area contributed by atoms with Crippen LogP contribution in [-0.2, 0) is 30.5 Å². The Morgan fingerprint density at radius 2 is 1.19 bits per heavy atom. The van der Waals surface area contributed by atoms with Crippen molar-refractivity contribution in [2.45, 2.75) is 115 Å². The van der Waals surface area contributed by atoms with E-state index in [0.29, 0.717) is 5.75 Å². The molecule has 0 radical (unpaired) electrons. The third kappa shape index (κ3) is 8.39. The molecule has 0 spiro atoms. The van der Waals surface area contributed by atoms with Gasteiger partial charge in [0.05, 0.1) is 20.8 Å². The summed E-state index contributed by atoms with van der Waals surface area (Å²) < 4.78 is 42.1. The average molecular weight is 775 g/mol. The lowest BCUT2D eigenvalue weighted by molar-refractivity contribution is -0.159. The van der Waals surface area contributed by atoms with Crippen LogP contribution in [0.4, 0.5) is 0 Å². The molecule has 10 nitrogen and oxygen atoms in total. The molecule has 3 aromatic carbocycles. The van der Waals surface area contributed by atoms with E-state index in [0.717, 1.165) is 22.4 Å². The third-order valence-electron chi connectivity index (χ3n) is 11.5. The summed E-state index contributed by atoms with van der Waals surface area (Å²) in [6.45, 7) is 22.1. The molecule has 1 aromatic heterocycles. The summed E-state index contributed by atoms with van der Waals surface area (Å²) >= 11 is 0. The minimum Gasteiger partial charge on any atom is -0.497 e. The van der Waals surface area contributed by atoms with E-state index in [-0.39, 0.29) is 16.7 Å². The zero-order valence-corrected chi connectivity index (χ0v) is 35.9. The molecule has 1 fully saturated rings. The SMILES string of the molecule is COc1ccc(COC(c2ccccc2)(c2ccc(OC)cc2)C2OC(n3ccc(=O)[nH]c3=O)C(O[Si](C)(C)C(C)(C)C)C2O[Si](C)(C)C(C)(C)C)cc1. The number of hydrogen-bond acceptors (Lipinski definition) is 8. The molecule has 5 rings (SSSR count). The lowest BCUT2D eigenvalue weighted by atomic mass is 9.79. The molecule has 1 aliphatic rings. The average Bonchev–Trinajstić information content (AvgIpc) is 3.44. The first-order valence-electron chi connectivity index (χ1n) is 18.5. The van der Waals surface area contributed by atoms with Crippen LogP contribution in [0.3, 0.4) is 0 Å². The van der Waals surface area contributed by atoms with Crippen molar-refractivity contribution in [3.63, 3.8) is 0 Å². The Kier molecular flexibility index (Phi) is 12.1. The molecular formula is C42H58N2O8Si2. The Balaban J connectivity index is 1.84. The number of benzene rings is 3. The van der Waals surface area contributed by atoms with Crippen LogP contribution in [0.2, 0.25) is 36.3 Å². The number of aromatic amines is 1. The van der Waals surface area contributed by atoms with Gasteiger partial charge in [0.25, 0.3) is 5.56 Å². The molecule has 1 N–H and O–H groups in total. The number of hydrogen-bond donors (Lipinski definition) is 1. The second-order valence-electron chi connectivity index (χ2n) is 17.1. The van der Waals surface area contributed by atoms with Gasteiger partial charge in [0.2, 0.25) is 0 Å². The zero-order chi connectivity index (χ0) is 39.7. The van der Waals surface area contributed by atoms with Gasteiger partial charge in [0.1, 0.15) is 35.4 Å². The maximum Gasteiger partial charge on any atom is 0.330 e. The van der Waals surface area contributed by atoms with E-state index in [1.165, 1.54) is 16.8 Å². The van der Waals surface area contributed by atoms with Crippen LogP contribution in [0.15, 0.2) is 101 Å². The van der Waals surface area contributed by atoms with Crippen molar-refractivity contribution >= 4 is 16.6 Å². The summed E-state index contributed by atoms with van der Waals surface area (Å²) in [6.07, 6.45) is -1.86. The minimum atomic E-state index is -2.60. The summed E-state index contributed by atoms with van der Waals surface area (Å²) in [4.78, 5) is 28.5. The van der Waals surface area contributed by atoms with Crippen LogP contribution in [0.25, 0.3) is 0 Å². The molecule has 0 aliphatic carbocycles. The Labute approximate surface area is 322 Å². The monoisotopic (exact) mass is 774 g/mol.